The van der Waals surface area contributed by atoms with Gasteiger partial charge in [-0.25, -0.2) is 0 Å². The molecule has 4 nitrogen and oxygen atoms in total. The molecule has 1 atom stereocenters. The lowest BCUT2D eigenvalue weighted by atomic mass is 10.00. The smallest absolute Gasteiger partial charge is 0.0648 e. The molecular weight excluding hydrogens is 248 g/mol. The fourth-order valence-electron chi connectivity index (χ4n) is 2.28. The van der Waals surface area contributed by atoms with Gasteiger partial charge in [0.2, 0.25) is 0 Å². The van der Waals surface area contributed by atoms with Crippen molar-refractivity contribution in [1.29, 1.82) is 0 Å². The highest BCUT2D eigenvalue weighted by molar-refractivity contribution is 5.26. The van der Waals surface area contributed by atoms with E-state index in [0.29, 0.717) is 0 Å². The van der Waals surface area contributed by atoms with Gasteiger partial charge in [-0.05, 0) is 50.6 Å². The molecule has 0 saturated heterocycles. The van der Waals surface area contributed by atoms with Gasteiger partial charge in [0.05, 0.1) is 11.4 Å². The van der Waals surface area contributed by atoms with Crippen molar-refractivity contribution in [3.8, 4) is 0 Å². The fourth-order valence-corrected chi connectivity index (χ4v) is 2.28. The highest BCUT2D eigenvalue weighted by atomic mass is 15.1. The quantitative estimate of drug-likeness (QED) is 0.907. The summed E-state index contributed by atoms with van der Waals surface area (Å²) in [6, 6.07) is 6.58. The van der Waals surface area contributed by atoms with Gasteiger partial charge in [-0.1, -0.05) is 13.0 Å². The number of hydrogen-bond donors (Lipinski definition) is 1. The molecular formula is C16H22N4. The van der Waals surface area contributed by atoms with Gasteiger partial charge in [0.15, 0.2) is 0 Å². The second-order valence-electron chi connectivity index (χ2n) is 5.08. The molecule has 0 radical (unpaired) electrons. The fraction of sp³-hybridized carbons (Fsp3) is 0.438. The number of pyridine rings is 1. The Hall–Kier alpha value is -1.81. The molecule has 0 spiro atoms. The Morgan fingerprint density at radius 1 is 1.20 bits per heavy atom. The molecule has 0 aliphatic rings. The Kier molecular flexibility index (Phi) is 4.79. The average Bonchev–Trinajstić information content (AvgIpc) is 2.48. The number of hydrogen-bond acceptors (Lipinski definition) is 4. The first-order valence-electron chi connectivity index (χ1n) is 7.06. The maximum absolute atomic E-state index is 4.54. The highest BCUT2D eigenvalue weighted by Crippen LogP contribution is 2.20. The van der Waals surface area contributed by atoms with Crippen LogP contribution in [-0.2, 0) is 12.8 Å². The van der Waals surface area contributed by atoms with E-state index in [1.165, 1.54) is 11.1 Å². The molecule has 106 valence electrons. The Labute approximate surface area is 120 Å². The maximum atomic E-state index is 4.54. The van der Waals surface area contributed by atoms with E-state index in [-0.39, 0.29) is 6.04 Å². The molecule has 0 aliphatic carbocycles. The summed E-state index contributed by atoms with van der Waals surface area (Å²) < 4.78 is 0. The van der Waals surface area contributed by atoms with Crippen LogP contribution >= 0.6 is 0 Å². The Morgan fingerprint density at radius 3 is 2.60 bits per heavy atom. The van der Waals surface area contributed by atoms with E-state index in [1.807, 2.05) is 27.1 Å². The maximum Gasteiger partial charge on any atom is 0.0648 e. The van der Waals surface area contributed by atoms with Crippen molar-refractivity contribution in [2.45, 2.75) is 39.7 Å². The first-order chi connectivity index (χ1) is 9.63. The lowest BCUT2D eigenvalue weighted by molar-refractivity contribution is 0.575. The minimum atomic E-state index is 0.212. The summed E-state index contributed by atoms with van der Waals surface area (Å²) in [6.45, 7) is 6.11. The van der Waals surface area contributed by atoms with Crippen LogP contribution in [0.4, 0.5) is 0 Å². The van der Waals surface area contributed by atoms with E-state index in [1.54, 1.807) is 0 Å². The first kappa shape index (κ1) is 14.6. The molecule has 2 aromatic heterocycles. The molecule has 0 amide bonds. The highest BCUT2D eigenvalue weighted by Gasteiger charge is 2.15. The van der Waals surface area contributed by atoms with Crippen LogP contribution in [0.2, 0.25) is 0 Å². The van der Waals surface area contributed by atoms with Crippen molar-refractivity contribution in [3.05, 3.63) is 52.6 Å². The third-order valence-corrected chi connectivity index (χ3v) is 3.57. The molecule has 4 heteroatoms. The second-order valence-corrected chi connectivity index (χ2v) is 5.08. The van der Waals surface area contributed by atoms with Crippen molar-refractivity contribution < 1.29 is 0 Å². The van der Waals surface area contributed by atoms with E-state index < -0.39 is 0 Å². The van der Waals surface area contributed by atoms with Gasteiger partial charge >= 0.3 is 0 Å². The first-order valence-corrected chi connectivity index (χ1v) is 7.06. The average molecular weight is 270 g/mol. The molecule has 1 unspecified atom stereocenters. The van der Waals surface area contributed by atoms with E-state index in [0.717, 1.165) is 29.9 Å². The lowest BCUT2D eigenvalue weighted by Gasteiger charge is -2.18. The monoisotopic (exact) mass is 270 g/mol. The molecule has 2 aromatic rings. The molecule has 0 bridgehead atoms. The zero-order valence-electron chi connectivity index (χ0n) is 12.6. The summed E-state index contributed by atoms with van der Waals surface area (Å²) in [7, 11) is 1.97. The van der Waals surface area contributed by atoms with Crippen LogP contribution < -0.4 is 5.32 Å². The van der Waals surface area contributed by atoms with Crippen molar-refractivity contribution in [2.75, 3.05) is 7.05 Å². The lowest BCUT2D eigenvalue weighted by Crippen LogP contribution is -2.21. The summed E-state index contributed by atoms with van der Waals surface area (Å²) in [6.07, 6.45) is 3.84. The summed E-state index contributed by atoms with van der Waals surface area (Å²) in [5.74, 6) is 0. The third kappa shape index (κ3) is 3.39. The molecule has 2 heterocycles. The van der Waals surface area contributed by atoms with Crippen LogP contribution in [-0.4, -0.2) is 22.2 Å². The number of rotatable bonds is 5. The predicted octanol–water partition coefficient (Wildman–Crippen LogP) is 2.55. The molecule has 20 heavy (non-hydrogen) atoms. The molecule has 2 rings (SSSR count). The third-order valence-electron chi connectivity index (χ3n) is 3.57. The minimum Gasteiger partial charge on any atom is -0.313 e. The second kappa shape index (κ2) is 6.57. The Bertz CT molecular complexity index is 563. The normalized spacial score (nSPS) is 12.4. The topological polar surface area (TPSA) is 50.7 Å². The van der Waals surface area contributed by atoms with E-state index in [4.69, 9.17) is 0 Å². The van der Waals surface area contributed by atoms with Gasteiger partial charge in [-0.3, -0.25) is 4.98 Å². The van der Waals surface area contributed by atoms with E-state index >= 15 is 0 Å². The van der Waals surface area contributed by atoms with E-state index in [2.05, 4.69) is 45.6 Å². The number of aromatic nitrogens is 3. The zero-order chi connectivity index (χ0) is 14.5. The minimum absolute atomic E-state index is 0.212. The summed E-state index contributed by atoms with van der Waals surface area (Å²) in [5.41, 5.74) is 5.48. The Balaban J connectivity index is 2.21. The van der Waals surface area contributed by atoms with Crippen LogP contribution in [0.15, 0.2) is 24.4 Å². The van der Waals surface area contributed by atoms with Gasteiger partial charge in [-0.15, -0.1) is 0 Å². The standard InChI is InChI=1S/C16H22N4/c1-5-13-6-7-14(18-10-13)9-16(17-4)15-8-11(2)19-20-12(15)3/h6-8,10,16-17H,5,9H2,1-4H3. The predicted molar refractivity (Wildman–Crippen MR) is 80.6 cm³/mol. The van der Waals surface area contributed by atoms with Crippen LogP contribution in [0.5, 0.6) is 0 Å². The summed E-state index contributed by atoms with van der Waals surface area (Å²) in [4.78, 5) is 4.54. The van der Waals surface area contributed by atoms with Crippen molar-refractivity contribution >= 4 is 0 Å². The van der Waals surface area contributed by atoms with Crippen molar-refractivity contribution in [1.82, 2.24) is 20.5 Å². The van der Waals surface area contributed by atoms with Gasteiger partial charge in [-0.2, -0.15) is 10.2 Å². The molecule has 1 N–H and O–H groups in total. The molecule has 0 fully saturated rings. The number of likely N-dealkylation sites (N-methyl/N-ethyl adjacent to an activating group) is 1. The van der Waals surface area contributed by atoms with Gasteiger partial charge in [0.1, 0.15) is 0 Å². The van der Waals surface area contributed by atoms with Crippen LogP contribution in [0.3, 0.4) is 0 Å². The van der Waals surface area contributed by atoms with Gasteiger partial charge in [0, 0.05) is 24.4 Å². The molecule has 0 aromatic carbocycles. The summed E-state index contributed by atoms with van der Waals surface area (Å²) in [5, 5.41) is 11.7. The Morgan fingerprint density at radius 2 is 2.00 bits per heavy atom. The summed E-state index contributed by atoms with van der Waals surface area (Å²) >= 11 is 0. The van der Waals surface area contributed by atoms with Crippen molar-refractivity contribution in [2.24, 2.45) is 0 Å². The SMILES string of the molecule is CCc1ccc(CC(NC)c2cc(C)nnc2C)nc1. The number of aryl methyl sites for hydroxylation is 3. The molecule has 0 saturated carbocycles. The van der Waals surface area contributed by atoms with Gasteiger partial charge in [0.25, 0.3) is 0 Å². The largest absolute Gasteiger partial charge is 0.313 e. The van der Waals surface area contributed by atoms with Crippen LogP contribution in [0.25, 0.3) is 0 Å². The number of nitrogens with zero attached hydrogens (tertiary/aromatic N) is 3. The number of nitrogens with one attached hydrogen (secondary N) is 1. The van der Waals surface area contributed by atoms with E-state index in [9.17, 15) is 0 Å². The zero-order valence-corrected chi connectivity index (χ0v) is 12.6. The van der Waals surface area contributed by atoms with Crippen molar-refractivity contribution in [3.63, 3.8) is 0 Å². The van der Waals surface area contributed by atoms with Gasteiger partial charge < -0.3 is 5.32 Å². The molecule has 0 aliphatic heterocycles. The van der Waals surface area contributed by atoms with Crippen LogP contribution in [0, 0.1) is 13.8 Å². The van der Waals surface area contributed by atoms with Crippen LogP contribution in [0.1, 0.15) is 41.2 Å².